The van der Waals surface area contributed by atoms with Gasteiger partial charge in [0.2, 0.25) is 0 Å². The van der Waals surface area contributed by atoms with Crippen LogP contribution in [-0.4, -0.2) is 35.6 Å². The molecule has 17 heavy (non-hydrogen) atoms. The number of anilines is 2. The summed E-state index contributed by atoms with van der Waals surface area (Å²) in [4.78, 5) is 8.95. The van der Waals surface area contributed by atoms with Crippen molar-refractivity contribution in [3.63, 3.8) is 0 Å². The minimum absolute atomic E-state index is 0.840. The molecule has 0 amide bonds. The van der Waals surface area contributed by atoms with Gasteiger partial charge in [-0.05, 0) is 12.8 Å². The SMILES string of the molecule is CCCNc1cc(NN(C)C)nc(CCC)n1. The monoisotopic (exact) mass is 237 g/mol. The van der Waals surface area contributed by atoms with Gasteiger partial charge < -0.3 is 10.7 Å². The first-order valence-corrected chi connectivity index (χ1v) is 6.21. The molecular weight excluding hydrogens is 214 g/mol. The number of hydrogen-bond acceptors (Lipinski definition) is 5. The van der Waals surface area contributed by atoms with Crippen molar-refractivity contribution in [3.05, 3.63) is 11.9 Å². The van der Waals surface area contributed by atoms with E-state index < -0.39 is 0 Å². The van der Waals surface area contributed by atoms with Gasteiger partial charge in [0, 0.05) is 33.1 Å². The van der Waals surface area contributed by atoms with Gasteiger partial charge in [-0.1, -0.05) is 13.8 Å². The second kappa shape index (κ2) is 7.06. The molecule has 0 fully saturated rings. The van der Waals surface area contributed by atoms with Crippen molar-refractivity contribution in [1.29, 1.82) is 0 Å². The molecule has 0 atom stereocenters. The molecule has 0 aliphatic carbocycles. The molecule has 0 radical (unpaired) electrons. The Kier molecular flexibility index (Phi) is 5.69. The molecule has 0 aliphatic heterocycles. The second-order valence-electron chi connectivity index (χ2n) is 4.24. The first kappa shape index (κ1) is 13.7. The molecule has 5 heteroatoms. The van der Waals surface area contributed by atoms with Crippen LogP contribution >= 0.6 is 0 Å². The highest BCUT2D eigenvalue weighted by atomic mass is 15.5. The first-order valence-electron chi connectivity index (χ1n) is 6.21. The maximum Gasteiger partial charge on any atom is 0.146 e. The lowest BCUT2D eigenvalue weighted by Gasteiger charge is -2.14. The van der Waals surface area contributed by atoms with E-state index in [9.17, 15) is 0 Å². The number of nitrogens with zero attached hydrogens (tertiary/aromatic N) is 3. The smallest absolute Gasteiger partial charge is 0.146 e. The predicted molar refractivity (Wildman–Crippen MR) is 72.1 cm³/mol. The van der Waals surface area contributed by atoms with Crippen LogP contribution in [-0.2, 0) is 6.42 Å². The fourth-order valence-corrected chi connectivity index (χ4v) is 1.46. The zero-order valence-corrected chi connectivity index (χ0v) is 11.2. The molecule has 0 spiro atoms. The van der Waals surface area contributed by atoms with Crippen LogP contribution in [0, 0.1) is 0 Å². The molecule has 96 valence electrons. The average molecular weight is 237 g/mol. The van der Waals surface area contributed by atoms with E-state index in [4.69, 9.17) is 0 Å². The zero-order valence-electron chi connectivity index (χ0n) is 11.2. The van der Waals surface area contributed by atoms with Gasteiger partial charge in [0.25, 0.3) is 0 Å². The van der Waals surface area contributed by atoms with Gasteiger partial charge in [0.05, 0.1) is 0 Å². The number of aryl methyl sites for hydroxylation is 1. The van der Waals surface area contributed by atoms with Crippen molar-refractivity contribution in [1.82, 2.24) is 15.0 Å². The lowest BCUT2D eigenvalue weighted by Crippen LogP contribution is -2.21. The summed E-state index contributed by atoms with van der Waals surface area (Å²) in [5.74, 6) is 2.62. The van der Waals surface area contributed by atoms with Crippen LogP contribution in [0.2, 0.25) is 0 Å². The Bertz CT molecular complexity index is 338. The van der Waals surface area contributed by atoms with E-state index in [1.807, 2.05) is 25.2 Å². The minimum atomic E-state index is 0.840. The Morgan fingerprint density at radius 1 is 1.12 bits per heavy atom. The first-order chi connectivity index (χ1) is 8.15. The molecule has 0 bridgehead atoms. The van der Waals surface area contributed by atoms with E-state index in [0.29, 0.717) is 0 Å². The molecule has 1 aromatic heterocycles. The molecule has 0 saturated carbocycles. The highest BCUT2D eigenvalue weighted by molar-refractivity contribution is 5.47. The molecule has 2 N–H and O–H groups in total. The van der Waals surface area contributed by atoms with Crippen LogP contribution in [0.25, 0.3) is 0 Å². The van der Waals surface area contributed by atoms with Gasteiger partial charge in [-0.15, -0.1) is 0 Å². The Labute approximate surface area is 104 Å². The van der Waals surface area contributed by atoms with Crippen molar-refractivity contribution in [3.8, 4) is 0 Å². The number of aromatic nitrogens is 2. The van der Waals surface area contributed by atoms with E-state index in [2.05, 4.69) is 34.6 Å². The van der Waals surface area contributed by atoms with Gasteiger partial charge in [-0.25, -0.2) is 15.0 Å². The maximum atomic E-state index is 4.49. The number of rotatable bonds is 7. The summed E-state index contributed by atoms with van der Waals surface area (Å²) >= 11 is 0. The third-order valence-corrected chi connectivity index (χ3v) is 2.14. The summed E-state index contributed by atoms with van der Waals surface area (Å²) in [6.45, 7) is 5.21. The standard InChI is InChI=1S/C12H23N5/c1-5-7-10-14-11(13-8-6-2)9-12(15-10)16-17(3)4/h9H,5-8H2,1-4H3,(H2,13,14,15,16). The summed E-state index contributed by atoms with van der Waals surface area (Å²) in [7, 11) is 3.89. The molecule has 1 heterocycles. The molecule has 1 aromatic rings. The molecule has 0 aromatic carbocycles. The van der Waals surface area contributed by atoms with Gasteiger partial charge in [0.1, 0.15) is 17.5 Å². The summed E-state index contributed by atoms with van der Waals surface area (Å²) < 4.78 is 0. The largest absolute Gasteiger partial charge is 0.370 e. The Balaban J connectivity index is 2.84. The second-order valence-corrected chi connectivity index (χ2v) is 4.24. The third-order valence-electron chi connectivity index (χ3n) is 2.14. The summed E-state index contributed by atoms with van der Waals surface area (Å²) in [5.41, 5.74) is 3.16. The van der Waals surface area contributed by atoms with Crippen LogP contribution in [0.1, 0.15) is 32.5 Å². The summed E-state index contributed by atoms with van der Waals surface area (Å²) in [6.07, 6.45) is 3.05. The zero-order chi connectivity index (χ0) is 12.7. The van der Waals surface area contributed by atoms with Gasteiger partial charge in [-0.3, -0.25) is 0 Å². The van der Waals surface area contributed by atoms with E-state index in [1.54, 1.807) is 0 Å². The van der Waals surface area contributed by atoms with Crippen molar-refractivity contribution in [2.45, 2.75) is 33.1 Å². The average Bonchev–Trinajstić information content (AvgIpc) is 2.25. The fourth-order valence-electron chi connectivity index (χ4n) is 1.46. The van der Waals surface area contributed by atoms with Crippen LogP contribution < -0.4 is 10.7 Å². The number of nitrogens with one attached hydrogen (secondary N) is 2. The summed E-state index contributed by atoms with van der Waals surface area (Å²) in [6, 6.07) is 1.94. The van der Waals surface area contributed by atoms with E-state index in [0.717, 1.165) is 43.3 Å². The Morgan fingerprint density at radius 2 is 1.82 bits per heavy atom. The molecule has 0 unspecified atom stereocenters. The normalized spacial score (nSPS) is 10.6. The van der Waals surface area contributed by atoms with Gasteiger partial charge >= 0.3 is 0 Å². The molecule has 1 rings (SSSR count). The number of hydrogen-bond donors (Lipinski definition) is 2. The van der Waals surface area contributed by atoms with Crippen molar-refractivity contribution in [2.75, 3.05) is 31.4 Å². The Hall–Kier alpha value is -1.36. The fraction of sp³-hybridized carbons (Fsp3) is 0.667. The van der Waals surface area contributed by atoms with Crippen molar-refractivity contribution < 1.29 is 0 Å². The van der Waals surface area contributed by atoms with Crippen LogP contribution in [0.15, 0.2) is 6.07 Å². The van der Waals surface area contributed by atoms with E-state index in [-0.39, 0.29) is 0 Å². The van der Waals surface area contributed by atoms with Crippen LogP contribution in [0.4, 0.5) is 11.6 Å². The van der Waals surface area contributed by atoms with E-state index >= 15 is 0 Å². The highest BCUT2D eigenvalue weighted by Gasteiger charge is 2.04. The van der Waals surface area contributed by atoms with Crippen LogP contribution in [0.3, 0.4) is 0 Å². The molecular formula is C12H23N5. The third kappa shape index (κ3) is 4.99. The minimum Gasteiger partial charge on any atom is -0.370 e. The summed E-state index contributed by atoms with van der Waals surface area (Å²) in [5, 5.41) is 5.17. The van der Waals surface area contributed by atoms with Crippen molar-refractivity contribution >= 4 is 11.6 Å². The maximum absolute atomic E-state index is 4.49. The predicted octanol–water partition coefficient (Wildman–Crippen LogP) is 2.14. The molecule has 0 saturated heterocycles. The molecule has 0 aliphatic rings. The van der Waals surface area contributed by atoms with Gasteiger partial charge in [-0.2, -0.15) is 0 Å². The Morgan fingerprint density at radius 3 is 2.41 bits per heavy atom. The van der Waals surface area contributed by atoms with E-state index in [1.165, 1.54) is 0 Å². The lowest BCUT2D eigenvalue weighted by atomic mass is 10.3. The lowest BCUT2D eigenvalue weighted by molar-refractivity contribution is 0.491. The highest BCUT2D eigenvalue weighted by Crippen LogP contribution is 2.12. The topological polar surface area (TPSA) is 53.1 Å². The number of hydrazine groups is 1. The van der Waals surface area contributed by atoms with Gasteiger partial charge in [0.15, 0.2) is 0 Å². The van der Waals surface area contributed by atoms with Crippen molar-refractivity contribution in [2.24, 2.45) is 0 Å². The molecule has 5 nitrogen and oxygen atoms in total. The van der Waals surface area contributed by atoms with Crippen LogP contribution in [0.5, 0.6) is 0 Å². The quantitative estimate of drug-likeness (QED) is 0.712.